The van der Waals surface area contributed by atoms with Gasteiger partial charge in [-0.1, -0.05) is 56.5 Å². The summed E-state index contributed by atoms with van der Waals surface area (Å²) in [6.07, 6.45) is 3.81. The van der Waals surface area contributed by atoms with Gasteiger partial charge in [0, 0.05) is 11.1 Å². The molecule has 2 rings (SSSR count). The predicted octanol–water partition coefficient (Wildman–Crippen LogP) is 3.20. The van der Waals surface area contributed by atoms with E-state index < -0.39 is 0 Å². The number of hydrazine groups is 1. The monoisotopic (exact) mass is 353 g/mol. The van der Waals surface area contributed by atoms with Gasteiger partial charge in [-0.3, -0.25) is 15.6 Å². The Balaban J connectivity index is 1.76. The van der Waals surface area contributed by atoms with Gasteiger partial charge < -0.3 is 5.32 Å². The molecule has 4 nitrogen and oxygen atoms in total. The molecule has 0 heterocycles. The Morgan fingerprint density at radius 3 is 2.74 bits per heavy atom. The molecular weight excluding hydrogens is 330 g/mol. The van der Waals surface area contributed by atoms with E-state index in [1.807, 2.05) is 18.2 Å². The van der Waals surface area contributed by atoms with Crippen LogP contribution in [0.15, 0.2) is 24.3 Å². The Morgan fingerprint density at radius 2 is 2.00 bits per heavy atom. The van der Waals surface area contributed by atoms with Crippen molar-refractivity contribution in [2.24, 2.45) is 11.8 Å². The lowest BCUT2D eigenvalue weighted by atomic mass is 9.78. The fraction of sp³-hybridized carbons (Fsp3) is 0.529. The molecule has 0 aromatic heterocycles. The van der Waals surface area contributed by atoms with Crippen LogP contribution >= 0.6 is 23.8 Å². The van der Waals surface area contributed by atoms with Crippen molar-refractivity contribution in [2.75, 3.05) is 0 Å². The van der Waals surface area contributed by atoms with Gasteiger partial charge in [-0.05, 0) is 42.1 Å². The topological polar surface area (TPSA) is 53.2 Å². The zero-order valence-corrected chi connectivity index (χ0v) is 15.1. The van der Waals surface area contributed by atoms with Gasteiger partial charge in [0.1, 0.15) is 0 Å². The van der Waals surface area contributed by atoms with Gasteiger partial charge in [0.05, 0.1) is 6.42 Å². The average Bonchev–Trinajstić information content (AvgIpc) is 2.52. The van der Waals surface area contributed by atoms with Crippen LogP contribution < -0.4 is 16.2 Å². The highest BCUT2D eigenvalue weighted by molar-refractivity contribution is 7.80. The first-order chi connectivity index (χ1) is 11.0. The minimum Gasteiger partial charge on any atom is -0.358 e. The number of hydrogen-bond acceptors (Lipinski definition) is 2. The van der Waals surface area contributed by atoms with Crippen LogP contribution in [-0.2, 0) is 11.2 Å². The molecule has 0 bridgehead atoms. The molecule has 1 aromatic rings. The highest BCUT2D eigenvalue weighted by Gasteiger charge is 2.27. The lowest BCUT2D eigenvalue weighted by molar-refractivity contribution is -0.121. The standard InChI is InChI=1S/C17H24ClN3OS/c1-11-6-5-9-15(12(11)2)19-17(23)21-20-16(22)10-13-7-3-4-8-14(13)18/h3-4,7-8,11-12,15H,5-6,9-10H2,1-2H3,(H,20,22)(H2,19,21,23)/t11-,12-,15-/m1/s1. The van der Waals surface area contributed by atoms with E-state index in [9.17, 15) is 4.79 Å². The molecule has 0 radical (unpaired) electrons. The van der Waals surface area contributed by atoms with Crippen molar-refractivity contribution >= 4 is 34.8 Å². The molecule has 126 valence electrons. The number of benzene rings is 1. The van der Waals surface area contributed by atoms with Crippen molar-refractivity contribution in [1.29, 1.82) is 0 Å². The van der Waals surface area contributed by atoms with Gasteiger partial charge in [-0.25, -0.2) is 0 Å². The zero-order valence-electron chi connectivity index (χ0n) is 13.6. The Bertz CT molecular complexity index is 567. The maximum Gasteiger partial charge on any atom is 0.242 e. The Morgan fingerprint density at radius 1 is 1.26 bits per heavy atom. The minimum absolute atomic E-state index is 0.174. The maximum atomic E-state index is 12.0. The number of carbonyl (C=O) groups is 1. The lowest BCUT2D eigenvalue weighted by Crippen LogP contribution is -2.52. The average molecular weight is 354 g/mol. The van der Waals surface area contributed by atoms with Crippen LogP contribution in [0.3, 0.4) is 0 Å². The molecular formula is C17H24ClN3OS. The third kappa shape index (κ3) is 5.36. The van der Waals surface area contributed by atoms with Crippen LogP contribution in [0.5, 0.6) is 0 Å². The van der Waals surface area contributed by atoms with Crippen LogP contribution in [0, 0.1) is 11.8 Å². The molecule has 1 aliphatic carbocycles. The molecule has 0 unspecified atom stereocenters. The van der Waals surface area contributed by atoms with E-state index in [2.05, 4.69) is 30.0 Å². The van der Waals surface area contributed by atoms with Gasteiger partial charge in [0.15, 0.2) is 5.11 Å². The second kappa shape index (κ2) is 8.50. The molecule has 6 heteroatoms. The Hall–Kier alpha value is -1.33. The van der Waals surface area contributed by atoms with Crippen LogP contribution in [0.4, 0.5) is 0 Å². The summed E-state index contributed by atoms with van der Waals surface area (Å²) in [6, 6.07) is 7.67. The largest absolute Gasteiger partial charge is 0.358 e. The van der Waals surface area contributed by atoms with E-state index in [0.717, 1.165) is 12.0 Å². The van der Waals surface area contributed by atoms with Gasteiger partial charge in [-0.15, -0.1) is 0 Å². The van der Waals surface area contributed by atoms with Crippen molar-refractivity contribution in [1.82, 2.24) is 16.2 Å². The van der Waals surface area contributed by atoms with Crippen molar-refractivity contribution < 1.29 is 4.79 Å². The van der Waals surface area contributed by atoms with E-state index in [0.29, 0.717) is 28.0 Å². The Kier molecular flexibility index (Phi) is 6.66. The highest BCUT2D eigenvalue weighted by Crippen LogP contribution is 2.29. The molecule has 0 aliphatic heterocycles. The van der Waals surface area contributed by atoms with E-state index in [4.69, 9.17) is 23.8 Å². The first kappa shape index (κ1) is 18.0. The number of carbonyl (C=O) groups excluding carboxylic acids is 1. The van der Waals surface area contributed by atoms with Gasteiger partial charge in [0.25, 0.3) is 0 Å². The smallest absolute Gasteiger partial charge is 0.242 e. The fourth-order valence-electron chi connectivity index (χ4n) is 2.98. The quantitative estimate of drug-likeness (QED) is 0.577. The summed E-state index contributed by atoms with van der Waals surface area (Å²) >= 11 is 11.3. The van der Waals surface area contributed by atoms with Gasteiger partial charge in [0.2, 0.25) is 5.91 Å². The lowest BCUT2D eigenvalue weighted by Gasteiger charge is -2.35. The van der Waals surface area contributed by atoms with Crippen LogP contribution in [-0.4, -0.2) is 17.1 Å². The number of amides is 1. The van der Waals surface area contributed by atoms with Crippen LogP contribution in [0.2, 0.25) is 5.02 Å². The van der Waals surface area contributed by atoms with Crippen molar-refractivity contribution in [3.63, 3.8) is 0 Å². The van der Waals surface area contributed by atoms with E-state index in [1.54, 1.807) is 6.07 Å². The molecule has 1 aromatic carbocycles. The summed E-state index contributed by atoms with van der Waals surface area (Å²) in [5, 5.41) is 4.36. The van der Waals surface area contributed by atoms with Crippen LogP contribution in [0.1, 0.15) is 38.7 Å². The number of rotatable bonds is 3. The van der Waals surface area contributed by atoms with Crippen molar-refractivity contribution in [2.45, 2.75) is 45.6 Å². The first-order valence-corrected chi connectivity index (χ1v) is 8.84. The summed E-state index contributed by atoms with van der Waals surface area (Å²) in [5.41, 5.74) is 6.20. The molecule has 1 fully saturated rings. The predicted molar refractivity (Wildman–Crippen MR) is 98.1 cm³/mol. The van der Waals surface area contributed by atoms with Gasteiger partial charge >= 0.3 is 0 Å². The summed E-state index contributed by atoms with van der Waals surface area (Å²) < 4.78 is 0. The highest BCUT2D eigenvalue weighted by atomic mass is 35.5. The minimum atomic E-state index is -0.174. The third-order valence-corrected chi connectivity index (χ3v) is 5.24. The number of halogens is 1. The number of hydrogen-bond donors (Lipinski definition) is 3. The Labute approximate surface area is 148 Å². The summed E-state index contributed by atoms with van der Waals surface area (Å²) in [6.45, 7) is 4.53. The van der Waals surface area contributed by atoms with E-state index in [-0.39, 0.29) is 12.3 Å². The third-order valence-electron chi connectivity index (χ3n) is 4.65. The zero-order chi connectivity index (χ0) is 16.8. The SMILES string of the molecule is C[C@@H]1[C@H](C)CCC[C@H]1NC(=S)NNC(=O)Cc1ccccc1Cl. The number of thiocarbonyl (C=S) groups is 1. The van der Waals surface area contributed by atoms with E-state index >= 15 is 0 Å². The van der Waals surface area contributed by atoms with Crippen molar-refractivity contribution in [3.8, 4) is 0 Å². The molecule has 3 atom stereocenters. The second-order valence-corrected chi connectivity index (χ2v) is 7.10. The fourth-order valence-corrected chi connectivity index (χ4v) is 3.38. The molecule has 0 saturated heterocycles. The molecule has 1 saturated carbocycles. The molecule has 3 N–H and O–H groups in total. The normalized spacial score (nSPS) is 23.9. The molecule has 0 spiro atoms. The second-order valence-electron chi connectivity index (χ2n) is 6.29. The molecule has 1 amide bonds. The number of nitrogens with one attached hydrogen (secondary N) is 3. The van der Waals surface area contributed by atoms with E-state index in [1.165, 1.54) is 12.8 Å². The van der Waals surface area contributed by atoms with Crippen LogP contribution in [0.25, 0.3) is 0 Å². The molecule has 1 aliphatic rings. The maximum absolute atomic E-state index is 12.0. The summed E-state index contributed by atoms with van der Waals surface area (Å²) in [5.74, 6) is 1.09. The first-order valence-electron chi connectivity index (χ1n) is 8.06. The summed E-state index contributed by atoms with van der Waals surface area (Å²) in [7, 11) is 0. The summed E-state index contributed by atoms with van der Waals surface area (Å²) in [4.78, 5) is 12.0. The molecule has 23 heavy (non-hydrogen) atoms. The van der Waals surface area contributed by atoms with Gasteiger partial charge in [-0.2, -0.15) is 0 Å². The van der Waals surface area contributed by atoms with Crippen molar-refractivity contribution in [3.05, 3.63) is 34.9 Å².